The molecule has 1 fully saturated rings. The Morgan fingerprint density at radius 3 is 2.35 bits per heavy atom. The third-order valence-corrected chi connectivity index (χ3v) is 3.06. The van der Waals surface area contributed by atoms with Crippen LogP contribution in [0.2, 0.25) is 0 Å². The summed E-state index contributed by atoms with van der Waals surface area (Å²) in [7, 11) is 0. The lowest BCUT2D eigenvalue weighted by Crippen LogP contribution is -2.52. The molecule has 0 saturated carbocycles. The van der Waals surface area contributed by atoms with Gasteiger partial charge in [-0.15, -0.1) is 0 Å². The molecule has 1 heterocycles. The van der Waals surface area contributed by atoms with Gasteiger partial charge in [-0.3, -0.25) is 5.43 Å². The van der Waals surface area contributed by atoms with E-state index in [1.807, 2.05) is 12.1 Å². The van der Waals surface area contributed by atoms with Gasteiger partial charge in [0.1, 0.15) is 5.82 Å². The molecule has 0 atom stereocenters. The van der Waals surface area contributed by atoms with Crippen molar-refractivity contribution in [2.45, 2.75) is 13.3 Å². The lowest BCUT2D eigenvalue weighted by molar-refractivity contribution is 0.177. The quantitative estimate of drug-likeness (QED) is 0.862. The van der Waals surface area contributed by atoms with Crippen molar-refractivity contribution in [1.29, 1.82) is 0 Å². The van der Waals surface area contributed by atoms with Gasteiger partial charge in [0.15, 0.2) is 0 Å². The fourth-order valence-corrected chi connectivity index (χ4v) is 2.04. The Morgan fingerprint density at radius 1 is 1.12 bits per heavy atom. The number of rotatable bonds is 4. The van der Waals surface area contributed by atoms with E-state index in [0.29, 0.717) is 0 Å². The summed E-state index contributed by atoms with van der Waals surface area (Å²) in [4.78, 5) is 2.30. The van der Waals surface area contributed by atoms with Crippen LogP contribution in [0.4, 0.5) is 10.1 Å². The lowest BCUT2D eigenvalue weighted by Gasteiger charge is -2.36. The van der Waals surface area contributed by atoms with Gasteiger partial charge in [-0.2, -0.15) is 0 Å². The molecule has 0 amide bonds. The average molecular weight is 237 g/mol. The topological polar surface area (TPSA) is 18.5 Å². The lowest BCUT2D eigenvalue weighted by atomic mass is 10.2. The normalized spacial score (nSPS) is 17.4. The Morgan fingerprint density at radius 2 is 1.76 bits per heavy atom. The standard InChI is InChI=1S/C13H20FN3/c1-2-7-15-17-10-8-16(9-11-17)13-5-3-12(14)4-6-13/h3-6,15H,2,7-11H2,1H3. The van der Waals surface area contributed by atoms with Gasteiger partial charge in [0, 0.05) is 38.4 Å². The first-order valence-electron chi connectivity index (χ1n) is 6.28. The summed E-state index contributed by atoms with van der Waals surface area (Å²) in [6.45, 7) is 7.21. The monoisotopic (exact) mass is 237 g/mol. The summed E-state index contributed by atoms with van der Waals surface area (Å²) in [5, 5.41) is 2.27. The highest BCUT2D eigenvalue weighted by Gasteiger charge is 2.16. The summed E-state index contributed by atoms with van der Waals surface area (Å²) in [6.07, 6.45) is 1.15. The zero-order valence-corrected chi connectivity index (χ0v) is 10.3. The third-order valence-electron chi connectivity index (χ3n) is 3.06. The smallest absolute Gasteiger partial charge is 0.123 e. The molecule has 1 aromatic carbocycles. The zero-order valence-electron chi connectivity index (χ0n) is 10.3. The number of benzene rings is 1. The van der Waals surface area contributed by atoms with Crippen LogP contribution in [0.3, 0.4) is 0 Å². The van der Waals surface area contributed by atoms with Gasteiger partial charge in [-0.05, 0) is 30.7 Å². The molecule has 2 rings (SSSR count). The first-order chi connectivity index (χ1) is 8.29. The van der Waals surface area contributed by atoms with Crippen LogP contribution in [-0.4, -0.2) is 37.7 Å². The Hall–Kier alpha value is -1.13. The Bertz CT molecular complexity index is 331. The highest BCUT2D eigenvalue weighted by molar-refractivity contribution is 5.46. The highest BCUT2D eigenvalue weighted by atomic mass is 19.1. The van der Waals surface area contributed by atoms with Crippen molar-refractivity contribution in [3.63, 3.8) is 0 Å². The molecule has 1 aromatic rings. The molecule has 94 valence electrons. The Balaban J connectivity index is 1.84. The van der Waals surface area contributed by atoms with E-state index in [2.05, 4.69) is 22.3 Å². The van der Waals surface area contributed by atoms with E-state index in [1.54, 1.807) is 0 Å². The van der Waals surface area contributed by atoms with E-state index in [-0.39, 0.29) is 5.82 Å². The molecule has 0 unspecified atom stereocenters. The highest BCUT2D eigenvalue weighted by Crippen LogP contribution is 2.16. The zero-order chi connectivity index (χ0) is 12.1. The first-order valence-corrected chi connectivity index (χ1v) is 6.28. The molecular formula is C13H20FN3. The van der Waals surface area contributed by atoms with Crippen molar-refractivity contribution in [2.24, 2.45) is 0 Å². The second kappa shape index (κ2) is 5.98. The van der Waals surface area contributed by atoms with E-state index in [9.17, 15) is 4.39 Å². The van der Waals surface area contributed by atoms with Gasteiger partial charge < -0.3 is 4.90 Å². The van der Waals surface area contributed by atoms with E-state index < -0.39 is 0 Å². The Labute approximate surface area is 102 Å². The largest absolute Gasteiger partial charge is 0.369 e. The van der Waals surface area contributed by atoms with Crippen molar-refractivity contribution in [3.05, 3.63) is 30.1 Å². The maximum Gasteiger partial charge on any atom is 0.123 e. The van der Waals surface area contributed by atoms with Crippen molar-refractivity contribution in [1.82, 2.24) is 10.4 Å². The van der Waals surface area contributed by atoms with Crippen molar-refractivity contribution in [3.8, 4) is 0 Å². The maximum absolute atomic E-state index is 12.8. The van der Waals surface area contributed by atoms with Crippen LogP contribution >= 0.6 is 0 Å². The average Bonchev–Trinajstić information content (AvgIpc) is 2.38. The molecule has 1 saturated heterocycles. The molecule has 0 spiro atoms. The summed E-state index contributed by atoms with van der Waals surface area (Å²) in [5.41, 5.74) is 4.51. The van der Waals surface area contributed by atoms with Crippen LogP contribution in [0.1, 0.15) is 13.3 Å². The van der Waals surface area contributed by atoms with Crippen LogP contribution in [0.15, 0.2) is 24.3 Å². The SMILES string of the molecule is CCCNN1CCN(c2ccc(F)cc2)CC1. The van der Waals surface area contributed by atoms with Crippen LogP contribution in [0, 0.1) is 5.82 Å². The predicted molar refractivity (Wildman–Crippen MR) is 68.5 cm³/mol. The second-order valence-corrected chi connectivity index (χ2v) is 4.36. The predicted octanol–water partition coefficient (Wildman–Crippen LogP) is 1.86. The van der Waals surface area contributed by atoms with E-state index in [0.717, 1.165) is 44.8 Å². The van der Waals surface area contributed by atoms with E-state index in [4.69, 9.17) is 0 Å². The van der Waals surface area contributed by atoms with Gasteiger partial charge in [0.2, 0.25) is 0 Å². The Kier molecular flexibility index (Phi) is 4.34. The molecule has 0 aromatic heterocycles. The number of hydrogen-bond acceptors (Lipinski definition) is 3. The maximum atomic E-state index is 12.8. The van der Waals surface area contributed by atoms with Crippen molar-refractivity contribution in [2.75, 3.05) is 37.6 Å². The second-order valence-electron chi connectivity index (χ2n) is 4.36. The molecule has 3 nitrogen and oxygen atoms in total. The minimum absolute atomic E-state index is 0.169. The fraction of sp³-hybridized carbons (Fsp3) is 0.538. The third kappa shape index (κ3) is 3.41. The fourth-order valence-electron chi connectivity index (χ4n) is 2.04. The molecule has 0 aliphatic carbocycles. The van der Waals surface area contributed by atoms with Crippen LogP contribution < -0.4 is 10.3 Å². The van der Waals surface area contributed by atoms with Gasteiger partial charge in [-0.25, -0.2) is 9.40 Å². The van der Waals surface area contributed by atoms with E-state index in [1.165, 1.54) is 12.1 Å². The van der Waals surface area contributed by atoms with Gasteiger partial charge >= 0.3 is 0 Å². The number of anilines is 1. The minimum atomic E-state index is -0.169. The van der Waals surface area contributed by atoms with Crippen molar-refractivity contribution < 1.29 is 4.39 Å². The molecule has 17 heavy (non-hydrogen) atoms. The van der Waals surface area contributed by atoms with Gasteiger partial charge in [-0.1, -0.05) is 6.92 Å². The van der Waals surface area contributed by atoms with Crippen LogP contribution in [0.5, 0.6) is 0 Å². The van der Waals surface area contributed by atoms with Crippen LogP contribution in [0.25, 0.3) is 0 Å². The van der Waals surface area contributed by atoms with Gasteiger partial charge in [0.05, 0.1) is 0 Å². The summed E-state index contributed by atoms with van der Waals surface area (Å²) in [5.74, 6) is -0.169. The molecule has 0 radical (unpaired) electrons. The summed E-state index contributed by atoms with van der Waals surface area (Å²) >= 11 is 0. The molecule has 1 aliphatic rings. The van der Waals surface area contributed by atoms with Crippen LogP contribution in [-0.2, 0) is 0 Å². The van der Waals surface area contributed by atoms with Crippen molar-refractivity contribution >= 4 is 5.69 Å². The number of halogens is 1. The minimum Gasteiger partial charge on any atom is -0.369 e. The number of hydrogen-bond donors (Lipinski definition) is 1. The van der Waals surface area contributed by atoms with Gasteiger partial charge in [0.25, 0.3) is 0 Å². The molecule has 0 bridgehead atoms. The molecule has 1 aliphatic heterocycles. The molecule has 1 N–H and O–H groups in total. The molecule has 4 heteroatoms. The first kappa shape index (κ1) is 12.3. The molecular weight excluding hydrogens is 217 g/mol. The number of piperazine rings is 1. The number of hydrazine groups is 1. The summed E-state index contributed by atoms with van der Waals surface area (Å²) < 4.78 is 12.8. The number of nitrogens with one attached hydrogen (secondary N) is 1. The summed E-state index contributed by atoms with van der Waals surface area (Å²) in [6, 6.07) is 6.75. The van der Waals surface area contributed by atoms with E-state index >= 15 is 0 Å². The number of nitrogens with zero attached hydrogens (tertiary/aromatic N) is 2.